The highest BCUT2D eigenvalue weighted by atomic mass is 16.4. The van der Waals surface area contributed by atoms with Crippen LogP contribution in [0.5, 0.6) is 0 Å². The smallest absolute Gasteiger partial charge is 0.235 e. The molecule has 0 aromatic heterocycles. The van der Waals surface area contributed by atoms with Gasteiger partial charge in [0.2, 0.25) is 5.91 Å². The predicted molar refractivity (Wildman–Crippen MR) is 102 cm³/mol. The summed E-state index contributed by atoms with van der Waals surface area (Å²) in [5.74, 6) is -2.19. The first-order valence-electron chi connectivity index (χ1n) is 10.2. The lowest BCUT2D eigenvalue weighted by Crippen LogP contribution is -2.62. The number of likely N-dealkylation sites (tertiary alicyclic amines) is 1. The minimum absolute atomic E-state index is 0.0327. The molecule has 0 spiro atoms. The molecule has 0 saturated carbocycles. The van der Waals surface area contributed by atoms with E-state index < -0.39 is 18.0 Å². The lowest BCUT2D eigenvalue weighted by molar-refractivity contribution is -0.926. The summed E-state index contributed by atoms with van der Waals surface area (Å²) in [5.41, 5.74) is 2.65. The van der Waals surface area contributed by atoms with Gasteiger partial charge in [0.15, 0.2) is 0 Å². The number of carbonyl (C=O) groups excluding carboxylic acids is 2. The van der Waals surface area contributed by atoms with Crippen molar-refractivity contribution in [1.29, 1.82) is 0 Å². The van der Waals surface area contributed by atoms with E-state index in [1.165, 1.54) is 42.8 Å². The van der Waals surface area contributed by atoms with Gasteiger partial charge in [0.25, 0.3) is 0 Å². The van der Waals surface area contributed by atoms with Gasteiger partial charge in [0.05, 0.1) is 49.9 Å². The second kappa shape index (κ2) is 7.01. The van der Waals surface area contributed by atoms with Crippen molar-refractivity contribution < 1.29 is 24.3 Å². The Morgan fingerprint density at radius 2 is 1.89 bits per heavy atom. The van der Waals surface area contributed by atoms with Crippen LogP contribution in [-0.4, -0.2) is 58.6 Å². The molecule has 150 valence electrons. The normalized spacial score (nSPS) is 27.4. The summed E-state index contributed by atoms with van der Waals surface area (Å²) in [7, 11) is 2.30. The van der Waals surface area contributed by atoms with Gasteiger partial charge in [-0.3, -0.25) is 4.79 Å². The number of aliphatic hydroxyl groups is 1. The molecule has 1 aromatic carbocycles. The fourth-order valence-electron chi connectivity index (χ4n) is 5.20. The number of β-lactam (4-membered cyclic amide) rings is 1. The van der Waals surface area contributed by atoms with E-state index in [4.69, 9.17) is 0 Å². The third kappa shape index (κ3) is 3.14. The van der Waals surface area contributed by atoms with Crippen molar-refractivity contribution in [3.05, 3.63) is 41.1 Å². The van der Waals surface area contributed by atoms with Crippen molar-refractivity contribution in [3.8, 4) is 0 Å². The number of hydrogen-bond donors (Lipinski definition) is 1. The van der Waals surface area contributed by atoms with Crippen molar-refractivity contribution >= 4 is 17.4 Å². The Labute approximate surface area is 165 Å². The minimum atomic E-state index is -1.33. The van der Waals surface area contributed by atoms with E-state index >= 15 is 0 Å². The Bertz CT molecular complexity index is 821. The van der Waals surface area contributed by atoms with Crippen LogP contribution in [0.15, 0.2) is 30.0 Å². The number of hydrogen-bond acceptors (Lipinski definition) is 4. The molecule has 0 bridgehead atoms. The number of aliphatic carboxylic acids is 1. The summed E-state index contributed by atoms with van der Waals surface area (Å²) >= 11 is 0. The molecule has 2 fully saturated rings. The van der Waals surface area contributed by atoms with Crippen LogP contribution in [0.4, 0.5) is 0 Å². The summed E-state index contributed by atoms with van der Waals surface area (Å²) in [6.45, 7) is 4.95. The first-order valence-corrected chi connectivity index (χ1v) is 10.2. The van der Waals surface area contributed by atoms with E-state index in [1.54, 1.807) is 6.92 Å². The number of carboxylic acid groups (broad SMARTS) is 1. The maximum absolute atomic E-state index is 12.3. The van der Waals surface area contributed by atoms with Gasteiger partial charge in [-0.15, -0.1) is 0 Å². The number of benzene rings is 1. The average molecular weight is 384 g/mol. The molecular weight excluding hydrogens is 356 g/mol. The molecule has 1 aromatic rings. The van der Waals surface area contributed by atoms with E-state index in [2.05, 4.69) is 19.2 Å². The lowest BCUT2D eigenvalue weighted by atomic mass is 9.82. The third-order valence-corrected chi connectivity index (χ3v) is 6.68. The van der Waals surface area contributed by atoms with Gasteiger partial charge >= 0.3 is 0 Å². The number of carboxylic acids is 1. The molecule has 6 nitrogen and oxygen atoms in total. The number of quaternary nitrogens is 1. The van der Waals surface area contributed by atoms with Gasteiger partial charge in [-0.1, -0.05) is 24.3 Å². The summed E-state index contributed by atoms with van der Waals surface area (Å²) in [5, 5.41) is 21.6. The second-order valence-electron chi connectivity index (χ2n) is 8.84. The number of fused-ring (bicyclic) bond motifs is 1. The fraction of sp³-hybridized carbons (Fsp3) is 0.545. The molecule has 28 heavy (non-hydrogen) atoms. The first-order chi connectivity index (χ1) is 13.3. The SMILES string of the molecule is C[C@@H](O)[C@H]1C(=O)N2C(C(=O)[O-])=C(c3ccc(C[N+]4(C)CCCCC4)cc3)C[C@H]12. The maximum Gasteiger partial charge on any atom is 0.235 e. The maximum atomic E-state index is 12.3. The Balaban J connectivity index is 1.57. The van der Waals surface area contributed by atoms with Crippen LogP contribution in [0.1, 0.15) is 43.7 Å². The summed E-state index contributed by atoms with van der Waals surface area (Å²) in [6.07, 6.45) is 3.51. The van der Waals surface area contributed by atoms with Crippen molar-refractivity contribution in [1.82, 2.24) is 4.90 Å². The Morgan fingerprint density at radius 3 is 2.46 bits per heavy atom. The Kier molecular flexibility index (Phi) is 4.79. The van der Waals surface area contributed by atoms with Gasteiger partial charge in [-0.05, 0) is 43.7 Å². The number of rotatable bonds is 5. The monoisotopic (exact) mass is 384 g/mol. The van der Waals surface area contributed by atoms with Crippen LogP contribution in [0.25, 0.3) is 5.57 Å². The number of carbonyl (C=O) groups is 2. The van der Waals surface area contributed by atoms with Crippen molar-refractivity contribution in [3.63, 3.8) is 0 Å². The van der Waals surface area contributed by atoms with E-state index in [0.717, 1.165) is 16.6 Å². The minimum Gasteiger partial charge on any atom is -0.543 e. The van der Waals surface area contributed by atoms with Gasteiger partial charge in [0, 0.05) is 5.56 Å². The van der Waals surface area contributed by atoms with Crippen LogP contribution in [0.3, 0.4) is 0 Å². The Hall–Kier alpha value is -2.18. The van der Waals surface area contributed by atoms with Crippen LogP contribution >= 0.6 is 0 Å². The van der Waals surface area contributed by atoms with Gasteiger partial charge in [0.1, 0.15) is 6.54 Å². The number of piperidine rings is 1. The van der Waals surface area contributed by atoms with Crippen LogP contribution < -0.4 is 5.11 Å². The van der Waals surface area contributed by atoms with Gasteiger partial charge in [-0.25, -0.2) is 0 Å². The molecule has 0 radical (unpaired) electrons. The Morgan fingerprint density at radius 1 is 1.25 bits per heavy atom. The standard InChI is InChI=1S/C22H28N2O4/c1-14(25)19-18-12-17(20(22(27)28)23(18)21(19)26)16-8-6-15(7-9-16)13-24(2)10-4-3-5-11-24/h6-9,14,18-19,25H,3-5,10-13H2,1-2H3/t14-,18-,19-/m1/s1. The number of nitrogens with zero attached hydrogens (tertiary/aromatic N) is 2. The van der Waals surface area contributed by atoms with Crippen LogP contribution in [-0.2, 0) is 16.1 Å². The van der Waals surface area contributed by atoms with Crippen molar-refractivity contribution in [2.75, 3.05) is 20.1 Å². The molecule has 0 unspecified atom stereocenters. The highest BCUT2D eigenvalue weighted by Crippen LogP contribution is 2.46. The van der Waals surface area contributed by atoms with Crippen LogP contribution in [0, 0.1) is 5.92 Å². The summed E-state index contributed by atoms with van der Waals surface area (Å²) < 4.78 is 1.05. The lowest BCUT2D eigenvalue weighted by Gasteiger charge is -2.45. The molecular formula is C22H28N2O4. The molecule has 6 heteroatoms. The van der Waals surface area contributed by atoms with Gasteiger partial charge < -0.3 is 24.4 Å². The molecule has 4 rings (SSSR count). The van der Waals surface area contributed by atoms with E-state index in [-0.39, 0.29) is 17.6 Å². The molecule has 0 aliphatic carbocycles. The summed E-state index contributed by atoms with van der Waals surface area (Å²) in [4.78, 5) is 25.4. The quantitative estimate of drug-likeness (QED) is 0.604. The number of aliphatic hydroxyl groups excluding tert-OH is 1. The van der Waals surface area contributed by atoms with E-state index in [9.17, 15) is 19.8 Å². The van der Waals surface area contributed by atoms with Gasteiger partial charge in [-0.2, -0.15) is 0 Å². The first kappa shape index (κ1) is 19.2. The predicted octanol–water partition coefficient (Wildman–Crippen LogP) is 0.890. The average Bonchev–Trinajstić information content (AvgIpc) is 2.97. The fourth-order valence-corrected chi connectivity index (χ4v) is 5.20. The molecule has 1 N–H and O–H groups in total. The molecule has 3 atom stereocenters. The van der Waals surface area contributed by atoms with Crippen LogP contribution in [0.2, 0.25) is 0 Å². The van der Waals surface area contributed by atoms with E-state index in [1.807, 2.05) is 12.1 Å². The van der Waals surface area contributed by atoms with Crippen molar-refractivity contribution in [2.24, 2.45) is 5.92 Å². The zero-order valence-electron chi connectivity index (χ0n) is 16.6. The number of amides is 1. The highest BCUT2D eigenvalue weighted by molar-refractivity contribution is 6.05. The topological polar surface area (TPSA) is 80.7 Å². The molecule has 2 saturated heterocycles. The highest BCUT2D eigenvalue weighted by Gasteiger charge is 2.55. The zero-order valence-corrected chi connectivity index (χ0v) is 16.6. The van der Waals surface area contributed by atoms with E-state index in [0.29, 0.717) is 12.0 Å². The van der Waals surface area contributed by atoms with Crippen molar-refractivity contribution in [2.45, 2.75) is 51.3 Å². The third-order valence-electron chi connectivity index (χ3n) is 6.68. The molecule has 3 aliphatic heterocycles. The largest absolute Gasteiger partial charge is 0.543 e. The molecule has 1 amide bonds. The molecule has 3 heterocycles. The second-order valence-corrected chi connectivity index (χ2v) is 8.84. The molecule has 3 aliphatic rings. The zero-order chi connectivity index (χ0) is 20.1. The summed E-state index contributed by atoms with van der Waals surface area (Å²) in [6, 6.07) is 7.76.